The van der Waals surface area contributed by atoms with Gasteiger partial charge in [0.25, 0.3) is 0 Å². The van der Waals surface area contributed by atoms with Crippen LogP contribution in [-0.2, 0) is 12.8 Å². The third kappa shape index (κ3) is 2.63. The number of halogens is 1. The van der Waals surface area contributed by atoms with Crippen LogP contribution < -0.4 is 4.90 Å². The van der Waals surface area contributed by atoms with Crippen LogP contribution in [0.3, 0.4) is 0 Å². The zero-order valence-electron chi connectivity index (χ0n) is 11.2. The van der Waals surface area contributed by atoms with Gasteiger partial charge < -0.3 is 4.90 Å². The molecule has 3 heteroatoms. The first-order chi connectivity index (χ1) is 9.78. The van der Waals surface area contributed by atoms with Crippen molar-refractivity contribution in [3.63, 3.8) is 0 Å². The van der Waals surface area contributed by atoms with Crippen LogP contribution in [-0.4, -0.2) is 19.4 Å². The Bertz CT molecular complexity index is 612. The minimum absolute atomic E-state index is 0.755. The van der Waals surface area contributed by atoms with Crippen molar-refractivity contribution in [3.8, 4) is 0 Å². The highest BCUT2D eigenvalue weighted by Gasteiger charge is 2.16. The largest absolute Gasteiger partial charge is 0.370 e. The van der Waals surface area contributed by atoms with E-state index in [-0.39, 0.29) is 0 Å². The van der Waals surface area contributed by atoms with Crippen molar-refractivity contribution in [2.24, 2.45) is 0 Å². The van der Waals surface area contributed by atoms with E-state index in [0.29, 0.717) is 0 Å². The van der Waals surface area contributed by atoms with Gasteiger partial charge in [0.05, 0.1) is 0 Å². The fourth-order valence-corrected chi connectivity index (χ4v) is 3.20. The van der Waals surface area contributed by atoms with Crippen molar-refractivity contribution in [1.29, 1.82) is 0 Å². The lowest BCUT2D eigenvalue weighted by atomic mass is 10.0. The van der Waals surface area contributed by atoms with Crippen molar-refractivity contribution in [1.82, 2.24) is 0 Å². The fourth-order valence-electron chi connectivity index (χ4n) is 2.82. The van der Waals surface area contributed by atoms with Crippen LogP contribution in [0.25, 0.3) is 0 Å². The van der Waals surface area contributed by atoms with Gasteiger partial charge in [-0.2, -0.15) is 0 Å². The van der Waals surface area contributed by atoms with Crippen LogP contribution in [0.15, 0.2) is 46.9 Å². The smallest absolute Gasteiger partial charge is 0.152 e. The zero-order valence-corrected chi connectivity index (χ0v) is 12.8. The second-order valence-corrected chi connectivity index (χ2v) is 5.99. The quantitative estimate of drug-likeness (QED) is 0.779. The maximum atomic E-state index is 11.3. The molecule has 0 aromatic heterocycles. The molecule has 0 radical (unpaired) electrons. The summed E-state index contributed by atoms with van der Waals surface area (Å²) in [5.41, 5.74) is 4.65. The highest BCUT2D eigenvalue weighted by Crippen LogP contribution is 2.26. The number of fused-ring (bicyclic) bond motifs is 1. The maximum absolute atomic E-state index is 11.3. The Morgan fingerprint density at radius 1 is 1.00 bits per heavy atom. The Morgan fingerprint density at radius 3 is 2.25 bits per heavy atom. The van der Waals surface area contributed by atoms with Gasteiger partial charge in [0.15, 0.2) is 6.29 Å². The van der Waals surface area contributed by atoms with E-state index in [1.165, 1.54) is 11.1 Å². The normalized spacial score (nSPS) is 14.6. The van der Waals surface area contributed by atoms with E-state index in [4.69, 9.17) is 0 Å². The summed E-state index contributed by atoms with van der Waals surface area (Å²) in [5.74, 6) is 0. The molecule has 0 aliphatic carbocycles. The highest BCUT2D eigenvalue weighted by atomic mass is 79.9. The number of carbonyl (C=O) groups is 1. The van der Waals surface area contributed by atoms with Crippen LogP contribution in [0.1, 0.15) is 21.5 Å². The average Bonchev–Trinajstić information content (AvgIpc) is 2.70. The summed E-state index contributed by atoms with van der Waals surface area (Å²) in [4.78, 5) is 13.6. The molecule has 0 saturated heterocycles. The van der Waals surface area contributed by atoms with Crippen molar-refractivity contribution >= 4 is 27.9 Å². The molecule has 20 heavy (non-hydrogen) atoms. The van der Waals surface area contributed by atoms with E-state index < -0.39 is 0 Å². The molecule has 0 atom stereocenters. The van der Waals surface area contributed by atoms with E-state index in [1.54, 1.807) is 0 Å². The first-order valence-electron chi connectivity index (χ1n) is 6.84. The Kier molecular flexibility index (Phi) is 3.88. The molecule has 0 saturated carbocycles. The van der Waals surface area contributed by atoms with Gasteiger partial charge in [-0.1, -0.05) is 40.2 Å². The fraction of sp³-hybridized carbons (Fsp3) is 0.235. The highest BCUT2D eigenvalue weighted by molar-refractivity contribution is 9.10. The van der Waals surface area contributed by atoms with Gasteiger partial charge >= 0.3 is 0 Å². The Balaban J connectivity index is 1.89. The predicted molar refractivity (Wildman–Crippen MR) is 85.6 cm³/mol. The van der Waals surface area contributed by atoms with E-state index in [1.807, 2.05) is 18.2 Å². The van der Waals surface area contributed by atoms with Crippen LogP contribution in [0, 0.1) is 0 Å². The number of hydrogen-bond acceptors (Lipinski definition) is 2. The first-order valence-corrected chi connectivity index (χ1v) is 7.63. The third-order valence-electron chi connectivity index (χ3n) is 3.88. The minimum Gasteiger partial charge on any atom is -0.370 e. The Morgan fingerprint density at radius 2 is 1.65 bits per heavy atom. The zero-order chi connectivity index (χ0) is 13.9. The van der Waals surface area contributed by atoms with Crippen LogP contribution in [0.2, 0.25) is 0 Å². The monoisotopic (exact) mass is 329 g/mol. The summed E-state index contributed by atoms with van der Waals surface area (Å²) >= 11 is 3.42. The van der Waals surface area contributed by atoms with Gasteiger partial charge in [0.1, 0.15) is 0 Å². The Labute approximate surface area is 127 Å². The maximum Gasteiger partial charge on any atom is 0.152 e. The number of rotatable bonds is 2. The molecular weight excluding hydrogens is 314 g/mol. The lowest BCUT2D eigenvalue weighted by Gasteiger charge is -2.24. The topological polar surface area (TPSA) is 20.3 Å². The van der Waals surface area contributed by atoms with E-state index in [9.17, 15) is 4.79 Å². The molecule has 0 N–H and O–H groups in total. The standard InChI is InChI=1S/C17H16BrNO/c18-16-5-6-17(15(11-16)12-20)19-9-7-13-3-1-2-4-14(13)8-10-19/h1-6,11-12H,7-10H2. The molecule has 1 aliphatic rings. The molecule has 0 amide bonds. The summed E-state index contributed by atoms with van der Waals surface area (Å²) in [6.07, 6.45) is 3.01. The summed E-state index contributed by atoms with van der Waals surface area (Å²) in [6, 6.07) is 14.5. The molecule has 2 nitrogen and oxygen atoms in total. The second kappa shape index (κ2) is 5.80. The molecule has 2 aromatic rings. The van der Waals surface area contributed by atoms with Gasteiger partial charge in [-0.05, 0) is 42.2 Å². The van der Waals surface area contributed by atoms with Crippen LogP contribution >= 0.6 is 15.9 Å². The molecule has 102 valence electrons. The number of aldehydes is 1. The van der Waals surface area contributed by atoms with Crippen LogP contribution in [0.4, 0.5) is 5.69 Å². The van der Waals surface area contributed by atoms with Gasteiger partial charge in [-0.25, -0.2) is 0 Å². The number of nitrogens with zero attached hydrogens (tertiary/aromatic N) is 1. The lowest BCUT2D eigenvalue weighted by Crippen LogP contribution is -2.27. The molecule has 0 bridgehead atoms. The molecular formula is C17H16BrNO. The van der Waals surface area contributed by atoms with Gasteiger partial charge in [-0.15, -0.1) is 0 Å². The minimum atomic E-state index is 0.755. The van der Waals surface area contributed by atoms with Crippen LogP contribution in [0.5, 0.6) is 0 Å². The van der Waals surface area contributed by atoms with Gasteiger partial charge in [0.2, 0.25) is 0 Å². The molecule has 3 rings (SSSR count). The van der Waals surface area contributed by atoms with Crippen molar-refractivity contribution in [3.05, 3.63) is 63.6 Å². The predicted octanol–water partition coefficient (Wildman–Crippen LogP) is 3.87. The van der Waals surface area contributed by atoms with Gasteiger partial charge in [-0.3, -0.25) is 4.79 Å². The number of anilines is 1. The first kappa shape index (κ1) is 13.4. The molecule has 0 spiro atoms. The summed E-state index contributed by atoms with van der Waals surface area (Å²) in [5, 5.41) is 0. The van der Waals surface area contributed by atoms with Crippen molar-refractivity contribution < 1.29 is 4.79 Å². The SMILES string of the molecule is O=Cc1cc(Br)ccc1N1CCc2ccccc2CC1. The summed E-state index contributed by atoms with van der Waals surface area (Å²) in [7, 11) is 0. The number of hydrogen-bond donors (Lipinski definition) is 0. The Hall–Kier alpha value is -1.61. The van der Waals surface area contributed by atoms with E-state index in [2.05, 4.69) is 45.1 Å². The number of benzene rings is 2. The average molecular weight is 330 g/mol. The number of carbonyl (C=O) groups excluding carboxylic acids is 1. The lowest BCUT2D eigenvalue weighted by molar-refractivity contribution is 0.112. The van der Waals surface area contributed by atoms with Gasteiger partial charge in [0, 0.05) is 28.8 Å². The van der Waals surface area contributed by atoms with E-state index in [0.717, 1.165) is 47.9 Å². The summed E-state index contributed by atoms with van der Waals surface area (Å²) < 4.78 is 0.946. The van der Waals surface area contributed by atoms with E-state index >= 15 is 0 Å². The molecule has 2 aromatic carbocycles. The molecule has 1 heterocycles. The summed E-state index contributed by atoms with van der Waals surface area (Å²) in [6.45, 7) is 1.92. The molecule has 0 fully saturated rings. The molecule has 0 unspecified atom stereocenters. The van der Waals surface area contributed by atoms with Crippen molar-refractivity contribution in [2.75, 3.05) is 18.0 Å². The second-order valence-electron chi connectivity index (χ2n) is 5.08. The third-order valence-corrected chi connectivity index (χ3v) is 4.37. The van der Waals surface area contributed by atoms with Crippen molar-refractivity contribution in [2.45, 2.75) is 12.8 Å². The molecule has 1 aliphatic heterocycles.